The first-order chi connectivity index (χ1) is 14.1. The van der Waals surface area contributed by atoms with Gasteiger partial charge >= 0.3 is 0 Å². The first-order valence-electron chi connectivity index (χ1n) is 9.47. The maximum Gasteiger partial charge on any atom is 0.217 e. The summed E-state index contributed by atoms with van der Waals surface area (Å²) in [5, 5.41) is 0. The Bertz CT molecular complexity index is 758. The van der Waals surface area contributed by atoms with Crippen LogP contribution in [0.2, 0.25) is 0 Å². The first kappa shape index (κ1) is 22.2. The van der Waals surface area contributed by atoms with Gasteiger partial charge < -0.3 is 23.7 Å². The van der Waals surface area contributed by atoms with Crippen molar-refractivity contribution in [3.05, 3.63) is 71.8 Å². The number of rotatable bonds is 8. The van der Waals surface area contributed by atoms with E-state index in [0.29, 0.717) is 13.2 Å². The lowest BCUT2D eigenvalue weighted by atomic mass is 9.99. The molecule has 1 fully saturated rings. The zero-order chi connectivity index (χ0) is 20.6. The maximum absolute atomic E-state index is 6.28. The molecule has 0 radical (unpaired) electrons. The Hall–Kier alpha value is -1.48. The summed E-state index contributed by atoms with van der Waals surface area (Å²) in [6.07, 6.45) is -2.35. The van der Waals surface area contributed by atoms with Gasteiger partial charge in [0.05, 0.1) is 19.3 Å². The third-order valence-corrected chi connectivity index (χ3v) is 4.97. The standard InChI is InChI=1S/C22H26O5S2/c1-15-18(27-22(28)29)19(24-13-16-9-5-3-6-10-16)20(21(23-2)26-15)25-14-17-11-7-4-8-12-17/h3-12,15,18-21H,13-14H2,1-2H3,(H,28,29)/t15-,18+,19+,20-,21-/m0/s1. The molecule has 5 nitrogen and oxygen atoms in total. The summed E-state index contributed by atoms with van der Waals surface area (Å²) in [7, 11) is 1.59. The molecule has 0 N–H and O–H groups in total. The van der Waals surface area contributed by atoms with E-state index in [1.165, 1.54) is 0 Å². The lowest BCUT2D eigenvalue weighted by Crippen LogP contribution is -2.60. The van der Waals surface area contributed by atoms with Gasteiger partial charge in [0.15, 0.2) is 12.4 Å². The van der Waals surface area contributed by atoms with Gasteiger partial charge in [-0.2, -0.15) is 0 Å². The lowest BCUT2D eigenvalue weighted by Gasteiger charge is -2.44. The summed E-state index contributed by atoms with van der Waals surface area (Å²) >= 11 is 9.19. The van der Waals surface area contributed by atoms with E-state index >= 15 is 0 Å². The average molecular weight is 435 g/mol. The molecule has 1 aliphatic heterocycles. The van der Waals surface area contributed by atoms with Crippen molar-refractivity contribution in [3.63, 3.8) is 0 Å². The topological polar surface area (TPSA) is 46.2 Å². The Balaban J connectivity index is 1.80. The molecule has 1 heterocycles. The molecule has 0 amide bonds. The molecule has 0 saturated carbocycles. The molecule has 0 aliphatic carbocycles. The largest absolute Gasteiger partial charge is 0.470 e. The molecule has 1 aliphatic rings. The minimum atomic E-state index is -0.595. The molecule has 2 aromatic carbocycles. The highest BCUT2D eigenvalue weighted by atomic mass is 32.1. The van der Waals surface area contributed by atoms with Gasteiger partial charge in [0.25, 0.3) is 0 Å². The van der Waals surface area contributed by atoms with Gasteiger partial charge in [-0.25, -0.2) is 0 Å². The van der Waals surface area contributed by atoms with Gasteiger partial charge in [-0.05, 0) is 30.3 Å². The molecule has 0 spiro atoms. The van der Waals surface area contributed by atoms with E-state index in [1.807, 2.05) is 67.6 Å². The van der Waals surface area contributed by atoms with Crippen molar-refractivity contribution in [1.29, 1.82) is 0 Å². The van der Waals surface area contributed by atoms with Gasteiger partial charge in [0.2, 0.25) is 4.38 Å². The molecular weight excluding hydrogens is 408 g/mol. The predicted octanol–water partition coefficient (Wildman–Crippen LogP) is 4.15. The number of thiocarbonyl (C=S) groups is 1. The Morgan fingerprint density at radius 3 is 1.90 bits per heavy atom. The van der Waals surface area contributed by atoms with E-state index in [2.05, 4.69) is 12.6 Å². The van der Waals surface area contributed by atoms with Crippen LogP contribution in [0.4, 0.5) is 0 Å². The fraction of sp³-hybridized carbons (Fsp3) is 0.409. The predicted molar refractivity (Wildman–Crippen MR) is 118 cm³/mol. The van der Waals surface area contributed by atoms with Crippen LogP contribution in [0.1, 0.15) is 18.1 Å². The number of ether oxygens (including phenoxy) is 5. The molecule has 156 valence electrons. The minimum Gasteiger partial charge on any atom is -0.470 e. The second kappa shape index (κ2) is 11.1. The highest BCUT2D eigenvalue weighted by Crippen LogP contribution is 2.30. The monoisotopic (exact) mass is 434 g/mol. The fourth-order valence-electron chi connectivity index (χ4n) is 3.34. The third kappa shape index (κ3) is 6.25. The molecule has 5 atom stereocenters. The smallest absolute Gasteiger partial charge is 0.217 e. The van der Waals surface area contributed by atoms with E-state index < -0.39 is 24.6 Å². The van der Waals surface area contributed by atoms with E-state index in [1.54, 1.807) is 7.11 Å². The van der Waals surface area contributed by atoms with E-state index in [-0.39, 0.29) is 10.5 Å². The Labute approximate surface area is 182 Å². The van der Waals surface area contributed by atoms with Crippen molar-refractivity contribution in [2.24, 2.45) is 0 Å². The fourth-order valence-corrected chi connectivity index (χ4v) is 3.57. The van der Waals surface area contributed by atoms with Crippen LogP contribution in [-0.2, 0) is 36.9 Å². The van der Waals surface area contributed by atoms with Crippen LogP contribution >= 0.6 is 24.8 Å². The third-order valence-electron chi connectivity index (χ3n) is 4.77. The molecule has 0 aromatic heterocycles. The van der Waals surface area contributed by atoms with Crippen molar-refractivity contribution in [3.8, 4) is 0 Å². The highest BCUT2D eigenvalue weighted by molar-refractivity contribution is 8.10. The number of hydrogen-bond donors (Lipinski definition) is 1. The van der Waals surface area contributed by atoms with Gasteiger partial charge in [-0.15, -0.1) is 0 Å². The molecule has 2 aromatic rings. The van der Waals surface area contributed by atoms with Gasteiger partial charge in [-0.1, -0.05) is 73.3 Å². The normalized spacial score (nSPS) is 26.8. The van der Waals surface area contributed by atoms with Gasteiger partial charge in [0, 0.05) is 7.11 Å². The SMILES string of the molecule is CO[C@H]1O[C@@H](C)[C@@H](OC(=S)S)[C@@H](OCc2ccccc2)[C@@H]1OCc1ccccc1. The average Bonchev–Trinajstić information content (AvgIpc) is 2.74. The van der Waals surface area contributed by atoms with Crippen molar-refractivity contribution in [1.82, 2.24) is 0 Å². The quantitative estimate of drug-likeness (QED) is 0.498. The summed E-state index contributed by atoms with van der Waals surface area (Å²) in [6.45, 7) is 2.69. The van der Waals surface area contributed by atoms with Crippen LogP contribution < -0.4 is 0 Å². The first-order valence-corrected chi connectivity index (χ1v) is 10.3. The zero-order valence-electron chi connectivity index (χ0n) is 16.5. The zero-order valence-corrected chi connectivity index (χ0v) is 18.2. The lowest BCUT2D eigenvalue weighted by molar-refractivity contribution is -0.304. The van der Waals surface area contributed by atoms with Gasteiger partial charge in [0.1, 0.15) is 12.2 Å². The second-order valence-corrected chi connectivity index (χ2v) is 7.90. The number of hydrogen-bond acceptors (Lipinski definition) is 6. The van der Waals surface area contributed by atoms with E-state index in [9.17, 15) is 0 Å². The molecule has 7 heteroatoms. The van der Waals surface area contributed by atoms with Crippen molar-refractivity contribution >= 4 is 29.2 Å². The van der Waals surface area contributed by atoms with Gasteiger partial charge in [-0.3, -0.25) is 0 Å². The summed E-state index contributed by atoms with van der Waals surface area (Å²) < 4.78 is 30.0. The maximum atomic E-state index is 6.28. The molecule has 1 saturated heterocycles. The van der Waals surface area contributed by atoms with Crippen LogP contribution in [0.15, 0.2) is 60.7 Å². The van der Waals surface area contributed by atoms with Crippen LogP contribution in [0, 0.1) is 0 Å². The Morgan fingerprint density at radius 2 is 1.41 bits per heavy atom. The summed E-state index contributed by atoms with van der Waals surface area (Å²) in [5.74, 6) is 0. The Kier molecular flexibility index (Phi) is 8.47. The molecule has 29 heavy (non-hydrogen) atoms. The number of benzene rings is 2. The van der Waals surface area contributed by atoms with Crippen LogP contribution in [-0.4, -0.2) is 42.2 Å². The van der Waals surface area contributed by atoms with Crippen LogP contribution in [0.5, 0.6) is 0 Å². The van der Waals surface area contributed by atoms with Crippen molar-refractivity contribution < 1.29 is 23.7 Å². The Morgan fingerprint density at radius 1 is 0.897 bits per heavy atom. The number of methoxy groups -OCH3 is 1. The summed E-state index contributed by atoms with van der Waals surface area (Å²) in [6, 6.07) is 19.9. The van der Waals surface area contributed by atoms with Crippen molar-refractivity contribution in [2.45, 2.75) is 50.8 Å². The van der Waals surface area contributed by atoms with Crippen LogP contribution in [0.25, 0.3) is 0 Å². The summed E-state index contributed by atoms with van der Waals surface area (Å²) in [5.41, 5.74) is 2.10. The molecule has 0 unspecified atom stereocenters. The second-order valence-electron chi connectivity index (χ2n) is 6.82. The van der Waals surface area contributed by atoms with Crippen molar-refractivity contribution in [2.75, 3.05) is 7.11 Å². The summed E-state index contributed by atoms with van der Waals surface area (Å²) in [4.78, 5) is 0. The molecule has 0 bridgehead atoms. The van der Waals surface area contributed by atoms with E-state index in [4.69, 9.17) is 35.9 Å². The van der Waals surface area contributed by atoms with Crippen LogP contribution in [0.3, 0.4) is 0 Å². The highest BCUT2D eigenvalue weighted by Gasteiger charge is 2.47. The molecular formula is C22H26O5S2. The number of thiol groups is 1. The molecule has 3 rings (SSSR count). The van der Waals surface area contributed by atoms with E-state index in [0.717, 1.165) is 11.1 Å². The minimum absolute atomic E-state index is 0.136.